The Morgan fingerprint density at radius 2 is 1.92 bits per heavy atom. The Morgan fingerprint density at radius 1 is 1.15 bits per heavy atom. The van der Waals surface area contributed by atoms with E-state index in [1.165, 1.54) is 31.5 Å². The number of hydrogen-bond donors (Lipinski definition) is 1. The van der Waals surface area contributed by atoms with Crippen molar-refractivity contribution in [1.82, 2.24) is 4.98 Å². The number of hydrogen-bond acceptors (Lipinski definition) is 5. The Bertz CT molecular complexity index is 708. The number of benzene rings is 1. The molecule has 26 heavy (non-hydrogen) atoms. The van der Waals surface area contributed by atoms with Crippen LogP contribution in [0.3, 0.4) is 0 Å². The molecule has 1 N–H and O–H groups in total. The fourth-order valence-electron chi connectivity index (χ4n) is 2.01. The maximum Gasteiger partial charge on any atom is 0.422 e. The van der Waals surface area contributed by atoms with Gasteiger partial charge in [0.25, 0.3) is 0 Å². The van der Waals surface area contributed by atoms with Crippen molar-refractivity contribution < 1.29 is 36.2 Å². The topological polar surface area (TPSA) is 52.6 Å². The molecule has 0 fully saturated rings. The molecule has 2 aromatic rings. The van der Waals surface area contributed by atoms with Crippen molar-refractivity contribution in [3.8, 4) is 17.4 Å². The van der Waals surface area contributed by atoms with Crippen LogP contribution in [-0.4, -0.2) is 31.5 Å². The van der Waals surface area contributed by atoms with E-state index in [1.54, 1.807) is 12.1 Å². The molecule has 0 radical (unpaired) electrons. The molecule has 1 aromatic heterocycles. The van der Waals surface area contributed by atoms with E-state index in [2.05, 4.69) is 19.8 Å². The number of rotatable bonds is 8. The molecule has 1 heterocycles. The normalized spacial score (nSPS) is 11.3. The fourth-order valence-corrected chi connectivity index (χ4v) is 2.01. The van der Waals surface area contributed by atoms with Crippen LogP contribution in [0, 0.1) is 0 Å². The summed E-state index contributed by atoms with van der Waals surface area (Å²) >= 11 is 0. The van der Waals surface area contributed by atoms with Crippen molar-refractivity contribution in [1.29, 1.82) is 0 Å². The molecular weight excluding hydrogens is 363 g/mol. The van der Waals surface area contributed by atoms with Crippen molar-refractivity contribution in [3.05, 3.63) is 42.1 Å². The smallest absolute Gasteiger partial charge is 0.422 e. The first kappa shape index (κ1) is 19.5. The summed E-state index contributed by atoms with van der Waals surface area (Å²) in [7, 11) is 1.33. The van der Waals surface area contributed by atoms with E-state index in [0.717, 1.165) is 0 Å². The Hall–Kier alpha value is -2.78. The average Bonchev–Trinajstić information content (AvgIpc) is 2.58. The molecule has 5 nitrogen and oxygen atoms in total. The second-order valence-electron chi connectivity index (χ2n) is 4.97. The molecule has 2 rings (SSSR count). The number of para-hydroxylation sites is 1. The molecule has 0 atom stereocenters. The number of pyridine rings is 1. The number of nitrogens with one attached hydrogen (secondary N) is 1. The third-order valence-electron chi connectivity index (χ3n) is 3.09. The highest BCUT2D eigenvalue weighted by molar-refractivity contribution is 5.49. The van der Waals surface area contributed by atoms with Crippen LogP contribution in [0.25, 0.3) is 0 Å². The van der Waals surface area contributed by atoms with Gasteiger partial charge in [-0.05, 0) is 12.1 Å². The van der Waals surface area contributed by atoms with Gasteiger partial charge in [0.2, 0.25) is 5.88 Å². The lowest BCUT2D eigenvalue weighted by Crippen LogP contribution is -2.19. The van der Waals surface area contributed by atoms with E-state index in [1.807, 2.05) is 0 Å². The van der Waals surface area contributed by atoms with Gasteiger partial charge in [0.05, 0.1) is 19.0 Å². The van der Waals surface area contributed by atoms with Crippen LogP contribution < -0.4 is 19.5 Å². The number of halogens is 5. The van der Waals surface area contributed by atoms with Gasteiger partial charge >= 0.3 is 12.8 Å². The highest BCUT2D eigenvalue weighted by Gasteiger charge is 2.28. The minimum absolute atomic E-state index is 0.101. The van der Waals surface area contributed by atoms with Gasteiger partial charge in [-0.15, -0.1) is 0 Å². The highest BCUT2D eigenvalue weighted by atomic mass is 19.4. The summed E-state index contributed by atoms with van der Waals surface area (Å²) in [5, 5.41) is 2.90. The molecule has 0 saturated carbocycles. The molecule has 0 saturated heterocycles. The van der Waals surface area contributed by atoms with Gasteiger partial charge < -0.3 is 19.5 Å². The van der Waals surface area contributed by atoms with Crippen LogP contribution in [0.15, 0.2) is 36.5 Å². The standard InChI is InChI=1S/C16H15F5N2O3/c1-24-12-4-2-3-10(14(12)26-15(17)18)7-22-11-5-6-13(23-8-11)25-9-16(19,20)21/h2-6,8,15,22H,7,9H2,1H3. The molecule has 142 valence electrons. The van der Waals surface area contributed by atoms with Crippen molar-refractivity contribution in [2.45, 2.75) is 19.3 Å². The Labute approximate surface area is 145 Å². The zero-order chi connectivity index (χ0) is 19.2. The van der Waals surface area contributed by atoms with E-state index in [0.29, 0.717) is 11.3 Å². The molecule has 0 aliphatic rings. The molecule has 0 aliphatic heterocycles. The summed E-state index contributed by atoms with van der Waals surface area (Å²) in [5.41, 5.74) is 0.859. The lowest BCUT2D eigenvalue weighted by atomic mass is 10.2. The van der Waals surface area contributed by atoms with E-state index in [4.69, 9.17) is 4.74 Å². The minimum atomic E-state index is -4.45. The summed E-state index contributed by atoms with van der Waals surface area (Å²) in [6.45, 7) is -4.36. The quantitative estimate of drug-likeness (QED) is 0.697. The van der Waals surface area contributed by atoms with Crippen LogP contribution in [0.2, 0.25) is 0 Å². The van der Waals surface area contributed by atoms with Gasteiger partial charge in [0.1, 0.15) is 0 Å². The van der Waals surface area contributed by atoms with E-state index >= 15 is 0 Å². The molecule has 0 unspecified atom stereocenters. The number of aromatic nitrogens is 1. The lowest BCUT2D eigenvalue weighted by molar-refractivity contribution is -0.154. The SMILES string of the molecule is COc1cccc(CNc2ccc(OCC(F)(F)F)nc2)c1OC(F)F. The molecule has 0 bridgehead atoms. The first-order valence-electron chi connectivity index (χ1n) is 7.28. The van der Waals surface area contributed by atoms with Crippen LogP contribution in [0.5, 0.6) is 17.4 Å². The molecule has 10 heteroatoms. The van der Waals surface area contributed by atoms with E-state index in [9.17, 15) is 22.0 Å². The number of nitrogens with zero attached hydrogens (tertiary/aromatic N) is 1. The van der Waals surface area contributed by atoms with Crippen LogP contribution in [-0.2, 0) is 6.54 Å². The maximum absolute atomic E-state index is 12.6. The Morgan fingerprint density at radius 3 is 2.50 bits per heavy atom. The van der Waals surface area contributed by atoms with Gasteiger partial charge in [0.15, 0.2) is 18.1 Å². The van der Waals surface area contributed by atoms with Gasteiger partial charge in [-0.2, -0.15) is 22.0 Å². The van der Waals surface area contributed by atoms with Crippen LogP contribution >= 0.6 is 0 Å². The third kappa shape index (κ3) is 5.94. The fraction of sp³-hybridized carbons (Fsp3) is 0.312. The van der Waals surface area contributed by atoms with Crippen molar-refractivity contribution >= 4 is 5.69 Å². The van der Waals surface area contributed by atoms with Crippen molar-refractivity contribution in [2.24, 2.45) is 0 Å². The predicted molar refractivity (Wildman–Crippen MR) is 82.7 cm³/mol. The zero-order valence-corrected chi connectivity index (χ0v) is 13.5. The summed E-state index contributed by atoms with van der Waals surface area (Å²) < 4.78 is 75.4. The molecule has 0 spiro atoms. The Balaban J connectivity index is 2.02. The van der Waals surface area contributed by atoms with E-state index in [-0.39, 0.29) is 23.9 Å². The number of methoxy groups -OCH3 is 1. The van der Waals surface area contributed by atoms with Gasteiger partial charge in [-0.1, -0.05) is 12.1 Å². The number of anilines is 1. The van der Waals surface area contributed by atoms with Gasteiger partial charge in [0, 0.05) is 18.2 Å². The zero-order valence-electron chi connectivity index (χ0n) is 13.5. The second kappa shape index (κ2) is 8.54. The van der Waals surface area contributed by atoms with E-state index < -0.39 is 19.4 Å². The molecule has 0 aliphatic carbocycles. The summed E-state index contributed by atoms with van der Waals surface area (Å²) in [5.74, 6) is -0.134. The average molecular weight is 378 g/mol. The van der Waals surface area contributed by atoms with Gasteiger partial charge in [-0.3, -0.25) is 0 Å². The highest BCUT2D eigenvalue weighted by Crippen LogP contribution is 2.33. The van der Waals surface area contributed by atoms with Crippen molar-refractivity contribution in [3.63, 3.8) is 0 Å². The minimum Gasteiger partial charge on any atom is -0.493 e. The summed E-state index contributed by atoms with van der Waals surface area (Å²) in [4.78, 5) is 3.74. The molecule has 1 aromatic carbocycles. The summed E-state index contributed by atoms with van der Waals surface area (Å²) in [6, 6.07) is 7.38. The Kier molecular flexibility index (Phi) is 6.42. The predicted octanol–water partition coefficient (Wildman–Crippen LogP) is 4.24. The van der Waals surface area contributed by atoms with Crippen molar-refractivity contribution in [2.75, 3.05) is 19.0 Å². The molecular formula is C16H15F5N2O3. The molecule has 0 amide bonds. The third-order valence-corrected chi connectivity index (χ3v) is 3.09. The first-order chi connectivity index (χ1) is 12.3. The second-order valence-corrected chi connectivity index (χ2v) is 4.97. The van der Waals surface area contributed by atoms with Gasteiger partial charge in [-0.25, -0.2) is 4.98 Å². The lowest BCUT2D eigenvalue weighted by Gasteiger charge is -2.15. The van der Waals surface area contributed by atoms with Crippen LogP contribution in [0.1, 0.15) is 5.56 Å². The monoisotopic (exact) mass is 378 g/mol. The number of ether oxygens (including phenoxy) is 3. The van der Waals surface area contributed by atoms with Crippen LogP contribution in [0.4, 0.5) is 27.6 Å². The maximum atomic E-state index is 12.6. The first-order valence-corrected chi connectivity index (χ1v) is 7.28. The number of alkyl halides is 5. The largest absolute Gasteiger partial charge is 0.493 e. The summed E-state index contributed by atoms with van der Waals surface area (Å²) in [6.07, 6.45) is -3.19.